The molecule has 1 atom stereocenters. The Morgan fingerprint density at radius 3 is 2.46 bits per heavy atom. The lowest BCUT2D eigenvalue weighted by Crippen LogP contribution is -2.42. The molecule has 186 valence electrons. The Bertz CT molecular complexity index is 1190. The first-order chi connectivity index (χ1) is 16.9. The molecule has 0 bridgehead atoms. The van der Waals surface area contributed by atoms with Crippen molar-refractivity contribution in [2.24, 2.45) is 0 Å². The molecule has 3 aromatic rings. The molecule has 2 aromatic carbocycles. The van der Waals surface area contributed by atoms with Gasteiger partial charge in [-0.1, -0.05) is 68.1 Å². The van der Waals surface area contributed by atoms with Gasteiger partial charge in [0.15, 0.2) is 5.16 Å². The zero-order valence-electron chi connectivity index (χ0n) is 20.5. The minimum atomic E-state index is -0.625. The minimum Gasteiger partial charge on any atom is -0.334 e. The van der Waals surface area contributed by atoms with Crippen LogP contribution < -0.4 is 16.2 Å². The number of fused-ring (bicyclic) bond motifs is 1. The fraction of sp³-hybridized carbons (Fsp3) is 0.385. The Labute approximate surface area is 210 Å². The summed E-state index contributed by atoms with van der Waals surface area (Å²) in [6.45, 7) is 9.52. The number of rotatable bonds is 11. The van der Waals surface area contributed by atoms with E-state index >= 15 is 0 Å². The number of hydrogen-bond acceptors (Lipinski definition) is 6. The summed E-state index contributed by atoms with van der Waals surface area (Å²) >= 11 is 1.18. The van der Waals surface area contributed by atoms with Gasteiger partial charge in [0.1, 0.15) is 0 Å². The van der Waals surface area contributed by atoms with Gasteiger partial charge in [-0.3, -0.25) is 19.5 Å². The Balaban J connectivity index is 1.70. The average Bonchev–Trinajstić information content (AvgIpc) is 2.87. The van der Waals surface area contributed by atoms with E-state index in [2.05, 4.69) is 34.4 Å². The van der Waals surface area contributed by atoms with Crippen LogP contribution in [0.2, 0.25) is 0 Å². The first-order valence-corrected chi connectivity index (χ1v) is 12.8. The van der Waals surface area contributed by atoms with Gasteiger partial charge in [-0.15, -0.1) is 0 Å². The number of hydrogen-bond donors (Lipinski definition) is 2. The van der Waals surface area contributed by atoms with Crippen LogP contribution >= 0.6 is 11.8 Å². The van der Waals surface area contributed by atoms with Gasteiger partial charge in [0.25, 0.3) is 5.56 Å². The SMILES string of the molecule is CCN(CC)CCCn1c(SC(C)C(=O)NC(=O)NCc2ccccc2)nc2ccccc2c1=O. The predicted molar refractivity (Wildman–Crippen MR) is 141 cm³/mol. The second kappa shape index (κ2) is 13.1. The van der Waals surface area contributed by atoms with Crippen molar-refractivity contribution < 1.29 is 9.59 Å². The molecule has 35 heavy (non-hydrogen) atoms. The molecule has 1 heterocycles. The van der Waals surface area contributed by atoms with Crippen LogP contribution in [0.3, 0.4) is 0 Å². The van der Waals surface area contributed by atoms with E-state index in [1.54, 1.807) is 23.6 Å². The summed E-state index contributed by atoms with van der Waals surface area (Å²) in [5, 5.41) is 5.47. The van der Waals surface area contributed by atoms with Crippen LogP contribution in [0.15, 0.2) is 64.5 Å². The molecule has 0 spiro atoms. The molecule has 2 N–H and O–H groups in total. The summed E-state index contributed by atoms with van der Waals surface area (Å²) in [6, 6.07) is 16.1. The third-order valence-electron chi connectivity index (χ3n) is 5.76. The smallest absolute Gasteiger partial charge is 0.321 e. The highest BCUT2D eigenvalue weighted by Crippen LogP contribution is 2.23. The first-order valence-electron chi connectivity index (χ1n) is 11.9. The van der Waals surface area contributed by atoms with Crippen molar-refractivity contribution in [3.8, 4) is 0 Å². The van der Waals surface area contributed by atoms with Crippen molar-refractivity contribution >= 4 is 34.6 Å². The summed E-state index contributed by atoms with van der Waals surface area (Å²) < 4.78 is 1.65. The fourth-order valence-corrected chi connectivity index (χ4v) is 4.61. The lowest BCUT2D eigenvalue weighted by molar-refractivity contribution is -0.119. The maximum Gasteiger partial charge on any atom is 0.321 e. The molecule has 9 heteroatoms. The number of thioether (sulfide) groups is 1. The lowest BCUT2D eigenvalue weighted by atomic mass is 10.2. The molecular formula is C26H33N5O3S. The van der Waals surface area contributed by atoms with Gasteiger partial charge in [0.2, 0.25) is 5.91 Å². The van der Waals surface area contributed by atoms with Gasteiger partial charge in [-0.25, -0.2) is 9.78 Å². The van der Waals surface area contributed by atoms with Gasteiger partial charge in [-0.05, 0) is 50.7 Å². The normalized spacial score (nSPS) is 12.0. The van der Waals surface area contributed by atoms with Crippen molar-refractivity contribution in [1.29, 1.82) is 0 Å². The van der Waals surface area contributed by atoms with Gasteiger partial charge >= 0.3 is 6.03 Å². The Hall–Kier alpha value is -3.17. The van der Waals surface area contributed by atoms with Crippen molar-refractivity contribution in [3.05, 3.63) is 70.5 Å². The molecule has 0 radical (unpaired) electrons. The van der Waals surface area contributed by atoms with E-state index in [0.717, 1.165) is 31.6 Å². The molecule has 0 fully saturated rings. The molecule has 0 aliphatic rings. The third-order valence-corrected chi connectivity index (χ3v) is 6.85. The van der Waals surface area contributed by atoms with Crippen LogP contribution in [0, 0.1) is 0 Å². The van der Waals surface area contributed by atoms with E-state index in [0.29, 0.717) is 29.1 Å². The Morgan fingerprint density at radius 1 is 1.06 bits per heavy atom. The summed E-state index contributed by atoms with van der Waals surface area (Å²) in [5.74, 6) is -0.447. The van der Waals surface area contributed by atoms with Crippen molar-refractivity contribution in [2.75, 3.05) is 19.6 Å². The van der Waals surface area contributed by atoms with Gasteiger partial charge in [0.05, 0.1) is 16.2 Å². The zero-order chi connectivity index (χ0) is 25.2. The molecule has 0 aliphatic carbocycles. The van der Waals surface area contributed by atoms with Crippen molar-refractivity contribution in [1.82, 2.24) is 25.1 Å². The molecule has 3 amide bonds. The largest absolute Gasteiger partial charge is 0.334 e. The molecular weight excluding hydrogens is 462 g/mol. The highest BCUT2D eigenvalue weighted by molar-refractivity contribution is 8.00. The number of nitrogens with zero attached hydrogens (tertiary/aromatic N) is 3. The fourth-order valence-electron chi connectivity index (χ4n) is 3.67. The van der Waals surface area contributed by atoms with E-state index in [-0.39, 0.29) is 5.56 Å². The number of carbonyl (C=O) groups excluding carboxylic acids is 2. The predicted octanol–water partition coefficient (Wildman–Crippen LogP) is 3.64. The van der Waals surface area contributed by atoms with E-state index in [1.165, 1.54) is 11.8 Å². The minimum absolute atomic E-state index is 0.120. The Kier molecular flexibility index (Phi) is 9.86. The summed E-state index contributed by atoms with van der Waals surface area (Å²) in [5.41, 5.74) is 1.41. The molecule has 0 saturated carbocycles. The van der Waals surface area contributed by atoms with Crippen LogP contribution in [0.4, 0.5) is 4.79 Å². The maximum atomic E-state index is 13.2. The van der Waals surface area contributed by atoms with Crippen LogP contribution in [0.1, 0.15) is 32.8 Å². The molecule has 8 nitrogen and oxygen atoms in total. The quantitative estimate of drug-likeness (QED) is 0.312. The van der Waals surface area contributed by atoms with E-state index in [4.69, 9.17) is 0 Å². The number of urea groups is 1. The molecule has 1 aromatic heterocycles. The number of amides is 3. The number of nitrogens with one attached hydrogen (secondary N) is 2. The molecule has 0 saturated heterocycles. The number of para-hydroxylation sites is 1. The van der Waals surface area contributed by atoms with Gasteiger partial charge in [-0.2, -0.15) is 0 Å². The van der Waals surface area contributed by atoms with E-state index in [9.17, 15) is 14.4 Å². The van der Waals surface area contributed by atoms with Gasteiger partial charge in [0, 0.05) is 13.1 Å². The first kappa shape index (κ1) is 26.4. The zero-order valence-corrected chi connectivity index (χ0v) is 21.3. The van der Waals surface area contributed by atoms with E-state index in [1.807, 2.05) is 42.5 Å². The number of carbonyl (C=O) groups is 2. The summed E-state index contributed by atoms with van der Waals surface area (Å²) in [7, 11) is 0. The standard InChI is InChI=1S/C26H33N5O3S/c1-4-30(5-2)16-11-17-31-24(33)21-14-9-10-15-22(21)28-26(31)35-19(3)23(32)29-25(34)27-18-20-12-7-6-8-13-20/h6-10,12-15,19H,4-5,11,16-18H2,1-3H3,(H2,27,29,32,34). The maximum absolute atomic E-state index is 13.2. The number of aromatic nitrogens is 2. The molecule has 0 aliphatic heterocycles. The number of benzene rings is 2. The molecule has 3 rings (SSSR count). The molecule has 1 unspecified atom stereocenters. The highest BCUT2D eigenvalue weighted by Gasteiger charge is 2.21. The Morgan fingerprint density at radius 2 is 1.74 bits per heavy atom. The second-order valence-corrected chi connectivity index (χ2v) is 9.47. The third kappa shape index (κ3) is 7.40. The second-order valence-electron chi connectivity index (χ2n) is 8.17. The van der Waals surface area contributed by atoms with Crippen molar-refractivity contribution in [2.45, 2.75) is 50.7 Å². The lowest BCUT2D eigenvalue weighted by Gasteiger charge is -2.19. The highest BCUT2D eigenvalue weighted by atomic mass is 32.2. The number of imide groups is 1. The summed E-state index contributed by atoms with van der Waals surface area (Å²) in [6.07, 6.45) is 0.789. The van der Waals surface area contributed by atoms with Gasteiger partial charge < -0.3 is 10.2 Å². The van der Waals surface area contributed by atoms with Crippen LogP contribution in [0.5, 0.6) is 0 Å². The average molecular weight is 496 g/mol. The van der Waals surface area contributed by atoms with Crippen LogP contribution in [-0.2, 0) is 17.9 Å². The van der Waals surface area contributed by atoms with Crippen LogP contribution in [-0.4, -0.2) is 51.3 Å². The van der Waals surface area contributed by atoms with E-state index < -0.39 is 17.2 Å². The van der Waals surface area contributed by atoms with Crippen molar-refractivity contribution in [3.63, 3.8) is 0 Å². The van der Waals surface area contributed by atoms with Crippen LogP contribution in [0.25, 0.3) is 10.9 Å². The monoisotopic (exact) mass is 495 g/mol. The summed E-state index contributed by atoms with van der Waals surface area (Å²) in [4.78, 5) is 45.1. The topological polar surface area (TPSA) is 96.3 Å².